The minimum absolute atomic E-state index is 0.207. The van der Waals surface area contributed by atoms with E-state index in [-0.39, 0.29) is 5.69 Å². The first-order chi connectivity index (χ1) is 6.61. The van der Waals surface area contributed by atoms with E-state index in [0.29, 0.717) is 0 Å². The van der Waals surface area contributed by atoms with E-state index in [1.54, 1.807) is 11.7 Å². The molecule has 1 aromatic rings. The van der Waals surface area contributed by atoms with Crippen molar-refractivity contribution in [1.82, 2.24) is 9.78 Å². The van der Waals surface area contributed by atoms with Gasteiger partial charge in [0.2, 0.25) is 0 Å². The van der Waals surface area contributed by atoms with E-state index in [0.717, 1.165) is 30.5 Å². The van der Waals surface area contributed by atoms with Gasteiger partial charge in [0.15, 0.2) is 5.69 Å². The van der Waals surface area contributed by atoms with Crippen LogP contribution in [0.4, 0.5) is 0 Å². The van der Waals surface area contributed by atoms with Crippen LogP contribution in [0.5, 0.6) is 0 Å². The molecule has 1 aromatic heterocycles. The standard InChI is InChI=1S/C10H16N2O2/c1-4-6-8-7(5-2)9(10(13)14)11-12(8)3/h4-6H2,1-3H3,(H,13,14). The van der Waals surface area contributed by atoms with Gasteiger partial charge in [0.1, 0.15) is 0 Å². The van der Waals surface area contributed by atoms with Crippen LogP contribution in [0.2, 0.25) is 0 Å². The fourth-order valence-corrected chi connectivity index (χ4v) is 1.70. The molecule has 0 radical (unpaired) electrons. The molecule has 0 saturated carbocycles. The minimum Gasteiger partial charge on any atom is -0.476 e. The number of nitrogens with zero attached hydrogens (tertiary/aromatic N) is 2. The summed E-state index contributed by atoms with van der Waals surface area (Å²) >= 11 is 0. The summed E-state index contributed by atoms with van der Waals surface area (Å²) < 4.78 is 1.69. The highest BCUT2D eigenvalue weighted by molar-refractivity contribution is 5.87. The summed E-state index contributed by atoms with van der Waals surface area (Å²) in [5.74, 6) is -0.931. The summed E-state index contributed by atoms with van der Waals surface area (Å²) in [5.41, 5.74) is 2.13. The summed E-state index contributed by atoms with van der Waals surface area (Å²) in [7, 11) is 1.80. The number of aryl methyl sites for hydroxylation is 1. The predicted molar refractivity (Wildman–Crippen MR) is 53.5 cm³/mol. The lowest BCUT2D eigenvalue weighted by atomic mass is 10.1. The van der Waals surface area contributed by atoms with Gasteiger partial charge >= 0.3 is 5.97 Å². The second-order valence-corrected chi connectivity index (χ2v) is 3.31. The van der Waals surface area contributed by atoms with Gasteiger partial charge in [0.25, 0.3) is 0 Å². The molecule has 78 valence electrons. The summed E-state index contributed by atoms with van der Waals surface area (Å²) in [6.07, 6.45) is 2.62. The molecule has 4 nitrogen and oxygen atoms in total. The zero-order valence-electron chi connectivity index (χ0n) is 8.87. The number of carboxylic acid groups (broad SMARTS) is 1. The van der Waals surface area contributed by atoms with Gasteiger partial charge in [-0.05, 0) is 12.8 Å². The smallest absolute Gasteiger partial charge is 0.356 e. The third kappa shape index (κ3) is 1.78. The lowest BCUT2D eigenvalue weighted by molar-refractivity contribution is 0.0688. The van der Waals surface area contributed by atoms with Crippen molar-refractivity contribution in [2.45, 2.75) is 33.1 Å². The highest BCUT2D eigenvalue weighted by Gasteiger charge is 2.18. The highest BCUT2D eigenvalue weighted by Crippen LogP contribution is 2.16. The average Bonchev–Trinajstić information content (AvgIpc) is 2.44. The number of aromatic carboxylic acids is 1. The van der Waals surface area contributed by atoms with E-state index in [1.807, 2.05) is 6.92 Å². The molecule has 1 rings (SSSR count). The number of rotatable bonds is 4. The number of aromatic nitrogens is 2. The van der Waals surface area contributed by atoms with Crippen LogP contribution in [-0.2, 0) is 19.9 Å². The van der Waals surface area contributed by atoms with E-state index in [4.69, 9.17) is 5.11 Å². The Balaban J connectivity index is 3.20. The Morgan fingerprint density at radius 3 is 2.57 bits per heavy atom. The molecular weight excluding hydrogens is 180 g/mol. The van der Waals surface area contributed by atoms with Crippen molar-refractivity contribution in [3.63, 3.8) is 0 Å². The predicted octanol–water partition coefficient (Wildman–Crippen LogP) is 1.63. The van der Waals surface area contributed by atoms with Crippen molar-refractivity contribution < 1.29 is 9.90 Å². The van der Waals surface area contributed by atoms with Gasteiger partial charge in [-0.25, -0.2) is 4.79 Å². The molecule has 0 bridgehead atoms. The third-order valence-corrected chi connectivity index (χ3v) is 2.32. The van der Waals surface area contributed by atoms with Crippen LogP contribution < -0.4 is 0 Å². The fraction of sp³-hybridized carbons (Fsp3) is 0.600. The second kappa shape index (κ2) is 4.26. The van der Waals surface area contributed by atoms with Crippen LogP contribution in [0.15, 0.2) is 0 Å². The first-order valence-electron chi connectivity index (χ1n) is 4.89. The van der Waals surface area contributed by atoms with Crippen LogP contribution in [0.25, 0.3) is 0 Å². The fourth-order valence-electron chi connectivity index (χ4n) is 1.70. The monoisotopic (exact) mass is 196 g/mol. The maximum Gasteiger partial charge on any atom is 0.356 e. The quantitative estimate of drug-likeness (QED) is 0.796. The molecule has 0 aliphatic heterocycles. The minimum atomic E-state index is -0.931. The molecule has 4 heteroatoms. The Morgan fingerprint density at radius 1 is 1.50 bits per heavy atom. The summed E-state index contributed by atoms with van der Waals surface area (Å²) in [4.78, 5) is 10.9. The van der Waals surface area contributed by atoms with E-state index in [9.17, 15) is 4.79 Å². The highest BCUT2D eigenvalue weighted by atomic mass is 16.4. The van der Waals surface area contributed by atoms with Gasteiger partial charge in [-0.1, -0.05) is 20.3 Å². The molecule has 14 heavy (non-hydrogen) atoms. The van der Waals surface area contributed by atoms with Crippen LogP contribution in [0.3, 0.4) is 0 Å². The third-order valence-electron chi connectivity index (χ3n) is 2.32. The van der Waals surface area contributed by atoms with Crippen molar-refractivity contribution in [3.05, 3.63) is 17.0 Å². The number of carboxylic acids is 1. The SMILES string of the molecule is CCCc1c(CC)c(C(=O)O)nn1C. The molecule has 0 saturated heterocycles. The summed E-state index contributed by atoms with van der Waals surface area (Å²) in [6.45, 7) is 4.04. The lowest BCUT2D eigenvalue weighted by Crippen LogP contribution is -2.01. The first-order valence-corrected chi connectivity index (χ1v) is 4.89. The normalized spacial score (nSPS) is 10.5. The molecule has 0 aliphatic rings. The van der Waals surface area contributed by atoms with E-state index in [1.165, 1.54) is 0 Å². The molecule has 0 atom stereocenters. The Bertz CT molecular complexity index is 342. The van der Waals surface area contributed by atoms with Gasteiger partial charge in [-0.15, -0.1) is 0 Å². The van der Waals surface area contributed by atoms with Crippen LogP contribution in [-0.4, -0.2) is 20.9 Å². The van der Waals surface area contributed by atoms with Gasteiger partial charge in [0.05, 0.1) is 0 Å². The topological polar surface area (TPSA) is 55.1 Å². The molecule has 0 fully saturated rings. The van der Waals surface area contributed by atoms with E-state index < -0.39 is 5.97 Å². The number of hydrogen-bond acceptors (Lipinski definition) is 2. The molecular formula is C10H16N2O2. The molecule has 1 N–H and O–H groups in total. The van der Waals surface area contributed by atoms with Crippen molar-refractivity contribution in [1.29, 1.82) is 0 Å². The lowest BCUT2D eigenvalue weighted by Gasteiger charge is -2.01. The molecule has 1 heterocycles. The van der Waals surface area contributed by atoms with Crippen molar-refractivity contribution >= 4 is 5.97 Å². The van der Waals surface area contributed by atoms with Crippen molar-refractivity contribution in [2.24, 2.45) is 7.05 Å². The summed E-state index contributed by atoms with van der Waals surface area (Å²) in [6, 6.07) is 0. The maximum atomic E-state index is 10.9. The van der Waals surface area contributed by atoms with E-state index in [2.05, 4.69) is 12.0 Å². The molecule has 0 unspecified atom stereocenters. The van der Waals surface area contributed by atoms with Gasteiger partial charge in [-0.2, -0.15) is 5.10 Å². The molecule has 0 amide bonds. The van der Waals surface area contributed by atoms with Crippen LogP contribution in [0.1, 0.15) is 42.0 Å². The Kier molecular flexibility index (Phi) is 3.28. The molecule has 0 aliphatic carbocycles. The largest absolute Gasteiger partial charge is 0.476 e. The Hall–Kier alpha value is -1.32. The Morgan fingerprint density at radius 2 is 2.14 bits per heavy atom. The molecule has 0 spiro atoms. The van der Waals surface area contributed by atoms with Gasteiger partial charge < -0.3 is 5.11 Å². The average molecular weight is 196 g/mol. The van der Waals surface area contributed by atoms with Crippen molar-refractivity contribution in [2.75, 3.05) is 0 Å². The molecule has 0 aromatic carbocycles. The van der Waals surface area contributed by atoms with Crippen molar-refractivity contribution in [3.8, 4) is 0 Å². The first kappa shape index (κ1) is 10.8. The maximum absolute atomic E-state index is 10.9. The zero-order chi connectivity index (χ0) is 10.7. The van der Waals surface area contributed by atoms with Gasteiger partial charge in [-0.3, -0.25) is 4.68 Å². The van der Waals surface area contributed by atoms with Gasteiger partial charge in [0, 0.05) is 18.3 Å². The Labute approximate surface area is 83.5 Å². The zero-order valence-corrected chi connectivity index (χ0v) is 8.87. The summed E-state index contributed by atoms with van der Waals surface area (Å²) in [5, 5.41) is 12.9. The van der Waals surface area contributed by atoms with Crippen LogP contribution in [0, 0.1) is 0 Å². The number of hydrogen-bond donors (Lipinski definition) is 1. The van der Waals surface area contributed by atoms with E-state index >= 15 is 0 Å². The number of carbonyl (C=O) groups is 1. The van der Waals surface area contributed by atoms with Crippen LogP contribution >= 0.6 is 0 Å². The second-order valence-electron chi connectivity index (χ2n) is 3.31.